The van der Waals surface area contributed by atoms with Gasteiger partial charge in [0.05, 0.1) is 16.5 Å². The lowest BCUT2D eigenvalue weighted by molar-refractivity contribution is -0.113. The van der Waals surface area contributed by atoms with Gasteiger partial charge in [0.25, 0.3) is 0 Å². The number of thioether (sulfide) groups is 1. The van der Waals surface area contributed by atoms with E-state index in [2.05, 4.69) is 5.32 Å². The number of benzene rings is 2. The van der Waals surface area contributed by atoms with Crippen LogP contribution in [0.4, 0.5) is 5.69 Å². The third kappa shape index (κ3) is 4.50. The van der Waals surface area contributed by atoms with Crippen LogP contribution >= 0.6 is 35.0 Å². The molecular weight excluding hydrogens is 341 g/mol. The van der Waals surface area contributed by atoms with Crippen LogP contribution in [0.15, 0.2) is 47.4 Å². The molecule has 6 heteroatoms. The first-order chi connectivity index (χ1) is 10.5. The van der Waals surface area contributed by atoms with Gasteiger partial charge in [-0.1, -0.05) is 35.3 Å². The van der Waals surface area contributed by atoms with Gasteiger partial charge in [-0.15, -0.1) is 11.8 Å². The summed E-state index contributed by atoms with van der Waals surface area (Å²) >= 11 is 13.2. The van der Waals surface area contributed by atoms with E-state index in [1.54, 1.807) is 42.5 Å². The summed E-state index contributed by atoms with van der Waals surface area (Å²) in [6.07, 6.45) is 0. The molecule has 0 aliphatic rings. The average molecular weight is 354 g/mol. The third-order valence-electron chi connectivity index (χ3n) is 2.83. The van der Waals surface area contributed by atoms with Gasteiger partial charge in [-0.2, -0.15) is 0 Å². The highest BCUT2D eigenvalue weighted by Crippen LogP contribution is 2.30. The molecule has 0 atom stereocenters. The van der Waals surface area contributed by atoms with Gasteiger partial charge in [-0.25, -0.2) is 0 Å². The molecule has 2 rings (SSSR count). The van der Waals surface area contributed by atoms with E-state index in [1.807, 2.05) is 0 Å². The van der Waals surface area contributed by atoms with Gasteiger partial charge in [0.15, 0.2) is 5.78 Å². The normalized spacial score (nSPS) is 10.3. The lowest BCUT2D eigenvalue weighted by atomic mass is 10.1. The number of hydrogen-bond donors (Lipinski definition) is 1. The largest absolute Gasteiger partial charge is 0.325 e. The molecule has 2 aromatic carbocycles. The predicted molar refractivity (Wildman–Crippen MR) is 92.3 cm³/mol. The van der Waals surface area contributed by atoms with Crippen molar-refractivity contribution >= 4 is 52.3 Å². The Hall–Kier alpha value is -1.49. The van der Waals surface area contributed by atoms with Gasteiger partial charge in [0.1, 0.15) is 0 Å². The summed E-state index contributed by atoms with van der Waals surface area (Å²) in [4.78, 5) is 24.3. The van der Waals surface area contributed by atoms with Crippen LogP contribution in [0.5, 0.6) is 0 Å². The molecule has 0 aliphatic carbocycles. The number of carbonyl (C=O) groups excluding carboxylic acids is 2. The topological polar surface area (TPSA) is 46.2 Å². The molecule has 0 aliphatic heterocycles. The zero-order chi connectivity index (χ0) is 16.1. The Balaban J connectivity index is 2.02. The lowest BCUT2D eigenvalue weighted by Crippen LogP contribution is -2.16. The van der Waals surface area contributed by atoms with Gasteiger partial charge < -0.3 is 5.32 Å². The van der Waals surface area contributed by atoms with Crippen LogP contribution in [0.1, 0.15) is 17.3 Å². The van der Waals surface area contributed by atoms with E-state index in [9.17, 15) is 9.59 Å². The van der Waals surface area contributed by atoms with Crippen LogP contribution in [0.25, 0.3) is 0 Å². The number of halogens is 2. The first-order valence-corrected chi connectivity index (χ1v) is 8.19. The van der Waals surface area contributed by atoms with Crippen LogP contribution in [-0.4, -0.2) is 17.4 Å². The predicted octanol–water partition coefficient (Wildman–Crippen LogP) is 4.93. The highest BCUT2D eigenvalue weighted by atomic mass is 35.5. The summed E-state index contributed by atoms with van der Waals surface area (Å²) in [6, 6.07) is 12.0. The first-order valence-electron chi connectivity index (χ1n) is 6.45. The van der Waals surface area contributed by atoms with E-state index in [0.29, 0.717) is 21.3 Å². The molecule has 0 unspecified atom stereocenters. The van der Waals surface area contributed by atoms with Crippen molar-refractivity contribution < 1.29 is 9.59 Å². The second-order valence-electron chi connectivity index (χ2n) is 4.51. The third-order valence-corrected chi connectivity index (χ3v) is 4.56. The van der Waals surface area contributed by atoms with Gasteiger partial charge in [0.2, 0.25) is 5.91 Å². The summed E-state index contributed by atoms with van der Waals surface area (Å²) in [5.74, 6) is -0.136. The molecule has 0 bridgehead atoms. The lowest BCUT2D eigenvalue weighted by Gasteiger charge is -2.09. The maximum atomic E-state index is 12.0. The Kier molecular flexibility index (Phi) is 5.89. The van der Waals surface area contributed by atoms with Crippen molar-refractivity contribution in [3.63, 3.8) is 0 Å². The van der Waals surface area contributed by atoms with E-state index >= 15 is 0 Å². The number of Topliss-reactive ketones (excluding diaryl/α,β-unsaturated/α-hetero) is 1. The Morgan fingerprint density at radius 3 is 2.59 bits per heavy atom. The number of hydrogen-bond acceptors (Lipinski definition) is 3. The van der Waals surface area contributed by atoms with Crippen molar-refractivity contribution in [2.45, 2.75) is 11.8 Å². The zero-order valence-electron chi connectivity index (χ0n) is 11.7. The molecule has 3 nitrogen and oxygen atoms in total. The molecule has 22 heavy (non-hydrogen) atoms. The maximum absolute atomic E-state index is 12.0. The Bertz CT molecular complexity index is 719. The quantitative estimate of drug-likeness (QED) is 0.612. The number of ketones is 1. The van der Waals surface area contributed by atoms with Crippen molar-refractivity contribution in [2.24, 2.45) is 0 Å². The maximum Gasteiger partial charge on any atom is 0.234 e. The summed E-state index contributed by atoms with van der Waals surface area (Å²) in [6.45, 7) is 1.46. The Morgan fingerprint density at radius 1 is 1.14 bits per heavy atom. The molecule has 0 heterocycles. The number of anilines is 1. The van der Waals surface area contributed by atoms with E-state index in [0.717, 1.165) is 4.90 Å². The minimum atomic E-state index is -0.213. The first kappa shape index (κ1) is 16.9. The smallest absolute Gasteiger partial charge is 0.234 e. The van der Waals surface area contributed by atoms with Crippen molar-refractivity contribution in [3.05, 3.63) is 58.1 Å². The molecule has 1 N–H and O–H groups in total. The fraction of sp³-hybridized carbons (Fsp3) is 0.125. The number of para-hydroxylation sites is 1. The highest BCUT2D eigenvalue weighted by molar-refractivity contribution is 8.00. The molecule has 0 saturated carbocycles. The Morgan fingerprint density at radius 2 is 1.86 bits per heavy atom. The number of nitrogens with one attached hydrogen (secondary N) is 1. The van der Waals surface area contributed by atoms with Crippen molar-refractivity contribution in [1.82, 2.24) is 0 Å². The zero-order valence-corrected chi connectivity index (χ0v) is 14.1. The summed E-state index contributed by atoms with van der Waals surface area (Å²) in [5.41, 5.74) is 0.999. The minimum Gasteiger partial charge on any atom is -0.325 e. The van der Waals surface area contributed by atoms with Gasteiger partial charge >= 0.3 is 0 Å². The van der Waals surface area contributed by atoms with Crippen LogP contribution in [0, 0.1) is 0 Å². The number of carbonyl (C=O) groups is 2. The Labute approximate surface area is 143 Å². The molecule has 0 fully saturated rings. The van der Waals surface area contributed by atoms with E-state index in [4.69, 9.17) is 23.2 Å². The molecule has 114 valence electrons. The summed E-state index contributed by atoms with van der Waals surface area (Å²) < 4.78 is 0. The van der Waals surface area contributed by atoms with E-state index < -0.39 is 0 Å². The summed E-state index contributed by atoms with van der Waals surface area (Å²) in [5, 5.41) is 3.85. The van der Waals surface area contributed by atoms with Crippen molar-refractivity contribution in [3.8, 4) is 0 Å². The van der Waals surface area contributed by atoms with Crippen LogP contribution in [-0.2, 0) is 4.79 Å². The van der Waals surface area contributed by atoms with Crippen molar-refractivity contribution in [2.75, 3.05) is 11.1 Å². The average Bonchev–Trinajstić information content (AvgIpc) is 2.48. The fourth-order valence-corrected chi connectivity index (χ4v) is 3.11. The van der Waals surface area contributed by atoms with Gasteiger partial charge in [-0.3, -0.25) is 9.59 Å². The standard InChI is InChI=1S/C16H13Cl2NO2S/c1-10(20)12-4-2-3-5-14(12)19-16(21)9-22-15-8-11(17)6-7-13(15)18/h2-8H,9H2,1H3,(H,19,21). The van der Waals surface area contributed by atoms with Gasteiger partial charge in [-0.05, 0) is 37.3 Å². The molecule has 2 aromatic rings. The van der Waals surface area contributed by atoms with Crippen LogP contribution in [0.2, 0.25) is 10.0 Å². The monoisotopic (exact) mass is 353 g/mol. The van der Waals surface area contributed by atoms with E-state index in [1.165, 1.54) is 18.7 Å². The molecule has 1 amide bonds. The minimum absolute atomic E-state index is 0.0959. The number of rotatable bonds is 5. The van der Waals surface area contributed by atoms with Crippen LogP contribution < -0.4 is 5.32 Å². The van der Waals surface area contributed by atoms with E-state index in [-0.39, 0.29) is 17.4 Å². The number of amides is 1. The molecule has 0 saturated heterocycles. The molecular formula is C16H13Cl2NO2S. The summed E-state index contributed by atoms with van der Waals surface area (Å²) in [7, 11) is 0. The second-order valence-corrected chi connectivity index (χ2v) is 6.37. The fourth-order valence-electron chi connectivity index (χ4n) is 1.82. The van der Waals surface area contributed by atoms with Crippen LogP contribution in [0.3, 0.4) is 0 Å². The molecule has 0 spiro atoms. The van der Waals surface area contributed by atoms with Gasteiger partial charge in [0, 0.05) is 15.5 Å². The molecule has 0 radical (unpaired) electrons. The molecule has 0 aromatic heterocycles. The SMILES string of the molecule is CC(=O)c1ccccc1NC(=O)CSc1cc(Cl)ccc1Cl. The second kappa shape index (κ2) is 7.68. The van der Waals surface area contributed by atoms with Crippen molar-refractivity contribution in [1.29, 1.82) is 0 Å². The highest BCUT2D eigenvalue weighted by Gasteiger charge is 2.11.